The first-order chi connectivity index (χ1) is 25.9. The summed E-state index contributed by atoms with van der Waals surface area (Å²) in [7, 11) is -12.3. The van der Waals surface area contributed by atoms with Crippen LogP contribution in [-0.4, -0.2) is 63.9 Å². The van der Waals surface area contributed by atoms with E-state index in [4.69, 9.17) is 26.8 Å². The first kappa shape index (κ1) is 38.3. The number of ether oxygens (including phenoxy) is 3. The third-order valence-corrected chi connectivity index (χ3v) is 13.1. The predicted molar refractivity (Wildman–Crippen MR) is 199 cm³/mol. The van der Waals surface area contributed by atoms with Crippen LogP contribution >= 0.6 is 0 Å². The number of rotatable bonds is 15. The van der Waals surface area contributed by atoms with Crippen LogP contribution in [0, 0.1) is 0 Å². The fraction of sp³-hybridized carbons (Fsp3) is 0.282. The largest absolute Gasteiger partial charge is 0.323 e. The maximum atomic E-state index is 13.1. The number of allylic oxidation sites excluding steroid dienone is 2. The average molecular weight is 795 g/mol. The Hall–Kier alpha value is -4.03. The molecule has 1 aliphatic carbocycles. The van der Waals surface area contributed by atoms with Crippen molar-refractivity contribution in [3.63, 3.8) is 0 Å². The number of benzene rings is 5. The van der Waals surface area contributed by atoms with Crippen molar-refractivity contribution in [1.29, 1.82) is 0 Å². The van der Waals surface area contributed by atoms with Crippen molar-refractivity contribution in [3.05, 3.63) is 131 Å². The molecule has 0 N–H and O–H groups in total. The standard InChI is InChI=1S/C39H38O12S3/c40-52(41,34-16-13-28-7-1-4-10-31(28)25-34)46-22-19-37-49-38(20-23-47-53(42,43)35-17-14-29-8-2-5-11-32(29)26-35)51-39(50-37)21-24-48-54(44,45)36-18-15-30-9-3-6-12-33(30)27-36/h1-14,16-18,25-26,37-39H,15,19-24,27H2. The van der Waals surface area contributed by atoms with Crippen molar-refractivity contribution < 1.29 is 52.0 Å². The minimum atomic E-state index is -4.13. The first-order valence-electron chi connectivity index (χ1n) is 17.3. The van der Waals surface area contributed by atoms with Crippen molar-refractivity contribution in [2.75, 3.05) is 19.8 Å². The molecule has 0 radical (unpaired) electrons. The smallest absolute Gasteiger partial charge is 0.296 e. The highest BCUT2D eigenvalue weighted by molar-refractivity contribution is 7.90. The van der Waals surface area contributed by atoms with E-state index in [1.807, 2.05) is 60.7 Å². The fourth-order valence-electron chi connectivity index (χ4n) is 6.24. The summed E-state index contributed by atoms with van der Waals surface area (Å²) in [6.45, 7) is -0.912. The lowest BCUT2D eigenvalue weighted by Crippen LogP contribution is -2.42. The summed E-state index contributed by atoms with van der Waals surface area (Å²) in [6, 6.07) is 31.7. The summed E-state index contributed by atoms with van der Waals surface area (Å²) in [5, 5.41) is 3.23. The van der Waals surface area contributed by atoms with E-state index in [0.29, 0.717) is 6.42 Å². The van der Waals surface area contributed by atoms with E-state index in [1.165, 1.54) is 24.3 Å². The molecule has 0 spiro atoms. The maximum absolute atomic E-state index is 13.1. The van der Waals surface area contributed by atoms with Gasteiger partial charge in [0.05, 0.1) is 34.5 Å². The highest BCUT2D eigenvalue weighted by Gasteiger charge is 2.32. The van der Waals surface area contributed by atoms with Crippen LogP contribution < -0.4 is 0 Å². The Labute approximate surface area is 314 Å². The van der Waals surface area contributed by atoms with Gasteiger partial charge in [0.25, 0.3) is 30.4 Å². The van der Waals surface area contributed by atoms with Crippen LogP contribution in [0.25, 0.3) is 21.5 Å². The van der Waals surface area contributed by atoms with Gasteiger partial charge in [-0.05, 0) is 63.4 Å². The van der Waals surface area contributed by atoms with Gasteiger partial charge >= 0.3 is 0 Å². The summed E-state index contributed by atoms with van der Waals surface area (Å²) >= 11 is 0. The number of hydrogen-bond acceptors (Lipinski definition) is 12. The Morgan fingerprint density at radius 1 is 0.481 bits per heavy atom. The predicted octanol–water partition coefficient (Wildman–Crippen LogP) is 6.34. The lowest BCUT2D eigenvalue weighted by Gasteiger charge is -2.35. The SMILES string of the molecule is O=S(=O)(OCCC1OC(CCOS(=O)(=O)c2ccc3ccccc3c2)OC(CCOS(=O)(=O)c2ccc3ccccc3c2)O1)C1=CCc2ccccc2C1. The van der Waals surface area contributed by atoms with Crippen LogP contribution in [0.5, 0.6) is 0 Å². The lowest BCUT2D eigenvalue weighted by molar-refractivity contribution is -0.387. The summed E-state index contributed by atoms with van der Waals surface area (Å²) in [4.78, 5) is 0.149. The molecule has 0 saturated carbocycles. The Balaban J connectivity index is 0.978. The van der Waals surface area contributed by atoms with Gasteiger partial charge < -0.3 is 14.2 Å². The van der Waals surface area contributed by atoms with Crippen molar-refractivity contribution in [1.82, 2.24) is 0 Å². The molecule has 12 nitrogen and oxygen atoms in total. The minimum absolute atomic E-state index is 0.00883. The van der Waals surface area contributed by atoms with Crippen molar-refractivity contribution >= 4 is 51.9 Å². The summed E-state index contributed by atoms with van der Waals surface area (Å²) in [6.07, 6.45) is -0.944. The molecule has 1 saturated heterocycles. The Morgan fingerprint density at radius 3 is 1.37 bits per heavy atom. The van der Waals surface area contributed by atoms with Crippen molar-refractivity contribution in [2.24, 2.45) is 0 Å². The van der Waals surface area contributed by atoms with E-state index < -0.39 is 49.2 Å². The summed E-state index contributed by atoms with van der Waals surface area (Å²) in [5.41, 5.74) is 1.97. The lowest BCUT2D eigenvalue weighted by atomic mass is 9.97. The molecule has 0 amide bonds. The zero-order valence-electron chi connectivity index (χ0n) is 29.0. The first-order valence-corrected chi connectivity index (χ1v) is 21.6. The molecule has 1 aliphatic heterocycles. The van der Waals surface area contributed by atoms with E-state index in [1.54, 1.807) is 30.3 Å². The van der Waals surface area contributed by atoms with Crippen molar-refractivity contribution in [3.8, 4) is 0 Å². The molecule has 5 aromatic rings. The Bertz CT molecular complexity index is 2380. The molecule has 0 bridgehead atoms. The highest BCUT2D eigenvalue weighted by Crippen LogP contribution is 2.28. The van der Waals surface area contributed by atoms with Gasteiger partial charge in [0, 0.05) is 25.7 Å². The van der Waals surface area contributed by atoms with Crippen LogP contribution in [0.15, 0.2) is 130 Å². The van der Waals surface area contributed by atoms with Crippen LogP contribution in [-0.2, 0) is 70.0 Å². The Morgan fingerprint density at radius 2 is 0.889 bits per heavy atom. The average Bonchev–Trinajstić information content (AvgIpc) is 3.17. The molecule has 5 aromatic carbocycles. The third kappa shape index (κ3) is 9.25. The van der Waals surface area contributed by atoms with Gasteiger partial charge in [0.1, 0.15) is 0 Å². The van der Waals surface area contributed by atoms with Crippen LogP contribution in [0.2, 0.25) is 0 Å². The van der Waals surface area contributed by atoms with Crippen LogP contribution in [0.4, 0.5) is 0 Å². The molecule has 2 unspecified atom stereocenters. The van der Waals surface area contributed by atoms with Gasteiger partial charge in [-0.3, -0.25) is 12.5 Å². The topological polar surface area (TPSA) is 158 Å². The molecule has 15 heteroatoms. The van der Waals surface area contributed by atoms with Gasteiger partial charge in [0.2, 0.25) is 0 Å². The van der Waals surface area contributed by atoms with E-state index in [-0.39, 0.29) is 60.2 Å². The quantitative estimate of drug-likeness (QED) is 0.108. The van der Waals surface area contributed by atoms with E-state index in [0.717, 1.165) is 32.7 Å². The highest BCUT2D eigenvalue weighted by atomic mass is 32.2. The minimum Gasteiger partial charge on any atom is -0.323 e. The molecule has 2 atom stereocenters. The fourth-order valence-corrected chi connectivity index (χ4v) is 9.24. The molecule has 1 fully saturated rings. The van der Waals surface area contributed by atoms with Crippen molar-refractivity contribution in [2.45, 2.75) is 60.8 Å². The molecule has 0 aromatic heterocycles. The normalized spacial score (nSPS) is 19.4. The van der Waals surface area contributed by atoms with E-state index in [2.05, 4.69) is 0 Å². The van der Waals surface area contributed by atoms with Gasteiger partial charge in [-0.25, -0.2) is 0 Å². The zero-order chi connectivity index (χ0) is 37.8. The molecule has 284 valence electrons. The van der Waals surface area contributed by atoms with E-state index in [9.17, 15) is 25.3 Å². The molecule has 2 aliphatic rings. The monoisotopic (exact) mass is 794 g/mol. The molecule has 54 heavy (non-hydrogen) atoms. The maximum Gasteiger partial charge on any atom is 0.296 e. The van der Waals surface area contributed by atoms with Gasteiger partial charge in [0.15, 0.2) is 18.9 Å². The van der Waals surface area contributed by atoms with Crippen LogP contribution in [0.3, 0.4) is 0 Å². The van der Waals surface area contributed by atoms with Gasteiger partial charge in [-0.1, -0.05) is 91.0 Å². The molecule has 1 heterocycles. The molecular weight excluding hydrogens is 757 g/mol. The molecule has 7 rings (SSSR count). The summed E-state index contributed by atoms with van der Waals surface area (Å²) in [5.74, 6) is 0. The third-order valence-electron chi connectivity index (χ3n) is 9.06. The number of fused-ring (bicyclic) bond motifs is 3. The number of hydrogen-bond donors (Lipinski definition) is 0. The second-order valence-electron chi connectivity index (χ2n) is 12.7. The van der Waals surface area contributed by atoms with Crippen LogP contribution in [0.1, 0.15) is 30.4 Å². The van der Waals surface area contributed by atoms with E-state index >= 15 is 0 Å². The second kappa shape index (κ2) is 16.4. The van der Waals surface area contributed by atoms with Gasteiger partial charge in [-0.2, -0.15) is 25.3 Å². The second-order valence-corrected chi connectivity index (χ2v) is 17.6. The Kier molecular flexibility index (Phi) is 11.6. The molecular formula is C39H38O12S3. The summed E-state index contributed by atoms with van der Waals surface area (Å²) < 4.78 is 112. The zero-order valence-corrected chi connectivity index (χ0v) is 31.4. The van der Waals surface area contributed by atoms with Gasteiger partial charge in [-0.15, -0.1) is 0 Å².